The molecule has 120 valence electrons. The van der Waals surface area contributed by atoms with E-state index in [1.165, 1.54) is 18.6 Å². The highest BCUT2D eigenvalue weighted by Gasteiger charge is 2.19. The predicted molar refractivity (Wildman–Crippen MR) is 89.0 cm³/mol. The van der Waals surface area contributed by atoms with Crippen LogP contribution in [-0.2, 0) is 0 Å². The van der Waals surface area contributed by atoms with Gasteiger partial charge in [-0.2, -0.15) is 0 Å². The van der Waals surface area contributed by atoms with Crippen LogP contribution in [0.3, 0.4) is 0 Å². The zero-order valence-electron chi connectivity index (χ0n) is 12.7. The second kappa shape index (κ2) is 7.09. The van der Waals surface area contributed by atoms with Crippen molar-refractivity contribution in [1.82, 2.24) is 10.3 Å². The van der Waals surface area contributed by atoms with Crippen LogP contribution in [0.1, 0.15) is 42.5 Å². The molecular formula is C18H18ClFN2O. The van der Waals surface area contributed by atoms with E-state index in [0.717, 1.165) is 25.7 Å². The van der Waals surface area contributed by atoms with Gasteiger partial charge < -0.3 is 5.32 Å². The molecule has 2 aromatic rings. The molecule has 0 bridgehead atoms. The number of carbonyl (C=O) groups excluding carboxylic acids is 1. The Balaban J connectivity index is 1.79. The molecule has 0 atom stereocenters. The van der Waals surface area contributed by atoms with Crippen molar-refractivity contribution in [3.05, 3.63) is 52.9 Å². The quantitative estimate of drug-likeness (QED) is 0.892. The molecule has 23 heavy (non-hydrogen) atoms. The molecule has 1 N–H and O–H groups in total. The van der Waals surface area contributed by atoms with Gasteiger partial charge in [-0.25, -0.2) is 4.39 Å². The summed E-state index contributed by atoms with van der Waals surface area (Å²) in [5, 5.41) is 3.38. The summed E-state index contributed by atoms with van der Waals surface area (Å²) >= 11 is 6.08. The minimum Gasteiger partial charge on any atom is -0.349 e. The Morgan fingerprint density at radius 1 is 1.22 bits per heavy atom. The van der Waals surface area contributed by atoms with Gasteiger partial charge >= 0.3 is 0 Å². The minimum atomic E-state index is -0.558. The van der Waals surface area contributed by atoms with Crippen molar-refractivity contribution in [2.24, 2.45) is 0 Å². The molecule has 0 saturated heterocycles. The monoisotopic (exact) mass is 332 g/mol. The Hall–Kier alpha value is -1.94. The number of amides is 1. The summed E-state index contributed by atoms with van der Waals surface area (Å²) in [7, 11) is 0. The molecule has 0 unspecified atom stereocenters. The third kappa shape index (κ3) is 3.70. The normalized spacial score (nSPS) is 15.4. The van der Waals surface area contributed by atoms with Crippen LogP contribution in [0.25, 0.3) is 11.3 Å². The molecule has 0 spiro atoms. The molecule has 1 amide bonds. The van der Waals surface area contributed by atoms with Gasteiger partial charge in [-0.3, -0.25) is 9.78 Å². The summed E-state index contributed by atoms with van der Waals surface area (Å²) in [6, 6.07) is 8.05. The van der Waals surface area contributed by atoms with Gasteiger partial charge in [-0.1, -0.05) is 36.9 Å². The summed E-state index contributed by atoms with van der Waals surface area (Å²) < 4.78 is 14.3. The number of hydrogen-bond donors (Lipinski definition) is 1. The van der Waals surface area contributed by atoms with Gasteiger partial charge in [0.2, 0.25) is 0 Å². The first kappa shape index (κ1) is 15.9. The highest BCUT2D eigenvalue weighted by molar-refractivity contribution is 6.33. The molecule has 3 nitrogen and oxygen atoms in total. The number of halogens is 2. The molecule has 1 heterocycles. The van der Waals surface area contributed by atoms with Crippen LogP contribution in [0.15, 0.2) is 36.5 Å². The molecule has 0 aliphatic heterocycles. The lowest BCUT2D eigenvalue weighted by atomic mass is 9.95. The first-order chi connectivity index (χ1) is 11.1. The average Bonchev–Trinajstić information content (AvgIpc) is 2.56. The van der Waals surface area contributed by atoms with Gasteiger partial charge in [0.05, 0.1) is 16.3 Å². The molecule has 0 radical (unpaired) electrons. The van der Waals surface area contributed by atoms with E-state index in [2.05, 4.69) is 10.3 Å². The average molecular weight is 333 g/mol. The maximum atomic E-state index is 14.3. The van der Waals surface area contributed by atoms with E-state index in [0.29, 0.717) is 16.3 Å². The van der Waals surface area contributed by atoms with Crippen molar-refractivity contribution in [3.8, 4) is 11.3 Å². The zero-order valence-corrected chi connectivity index (χ0v) is 13.4. The van der Waals surface area contributed by atoms with E-state index < -0.39 is 5.82 Å². The number of carbonyl (C=O) groups is 1. The lowest BCUT2D eigenvalue weighted by Crippen LogP contribution is -2.36. The second-order valence-electron chi connectivity index (χ2n) is 5.84. The number of nitrogens with zero attached hydrogens (tertiary/aromatic N) is 1. The van der Waals surface area contributed by atoms with Crippen LogP contribution in [0.5, 0.6) is 0 Å². The Labute approximate surface area is 139 Å². The lowest BCUT2D eigenvalue weighted by Gasteiger charge is -2.22. The summed E-state index contributed by atoms with van der Waals surface area (Å²) in [6.45, 7) is 0. The zero-order chi connectivity index (χ0) is 16.2. The molecule has 1 aromatic carbocycles. The van der Waals surface area contributed by atoms with E-state index in [1.54, 1.807) is 24.4 Å². The van der Waals surface area contributed by atoms with E-state index in [4.69, 9.17) is 11.6 Å². The van der Waals surface area contributed by atoms with E-state index >= 15 is 0 Å². The van der Waals surface area contributed by atoms with Gasteiger partial charge in [0.1, 0.15) is 5.82 Å². The summed E-state index contributed by atoms with van der Waals surface area (Å²) in [6.07, 6.45) is 6.97. The van der Waals surface area contributed by atoms with Crippen LogP contribution >= 0.6 is 11.6 Å². The number of hydrogen-bond acceptors (Lipinski definition) is 2. The van der Waals surface area contributed by atoms with E-state index in [9.17, 15) is 9.18 Å². The fraction of sp³-hybridized carbons (Fsp3) is 0.333. The van der Waals surface area contributed by atoms with Gasteiger partial charge in [0.25, 0.3) is 5.91 Å². The van der Waals surface area contributed by atoms with Crippen LogP contribution in [0.4, 0.5) is 4.39 Å². The van der Waals surface area contributed by atoms with Crippen LogP contribution in [-0.4, -0.2) is 16.9 Å². The highest BCUT2D eigenvalue weighted by atomic mass is 35.5. The van der Waals surface area contributed by atoms with Crippen molar-refractivity contribution >= 4 is 17.5 Å². The Kier molecular flexibility index (Phi) is 4.91. The van der Waals surface area contributed by atoms with Gasteiger partial charge in [0, 0.05) is 17.8 Å². The fourth-order valence-corrected chi connectivity index (χ4v) is 3.19. The number of benzene rings is 1. The Morgan fingerprint density at radius 3 is 2.70 bits per heavy atom. The van der Waals surface area contributed by atoms with Crippen LogP contribution in [0, 0.1) is 5.82 Å². The highest BCUT2D eigenvalue weighted by Crippen LogP contribution is 2.27. The minimum absolute atomic E-state index is 0.0615. The van der Waals surface area contributed by atoms with Gasteiger partial charge in [-0.15, -0.1) is 0 Å². The molecule has 3 rings (SSSR count). The van der Waals surface area contributed by atoms with Crippen LogP contribution < -0.4 is 5.32 Å². The van der Waals surface area contributed by atoms with Gasteiger partial charge in [0.15, 0.2) is 0 Å². The molecule has 1 fully saturated rings. The molecule has 5 heteroatoms. The molecule has 1 aromatic heterocycles. The number of rotatable bonds is 3. The topological polar surface area (TPSA) is 42.0 Å². The third-order valence-electron chi connectivity index (χ3n) is 4.19. The molecule has 1 aliphatic carbocycles. The SMILES string of the molecule is O=C(NC1CCCCC1)c1ccc(-c2ncccc2Cl)cc1F. The molecule has 1 saturated carbocycles. The Bertz CT molecular complexity index is 714. The molecular weight excluding hydrogens is 315 g/mol. The number of pyridine rings is 1. The van der Waals surface area contributed by atoms with Crippen molar-refractivity contribution in [1.29, 1.82) is 0 Å². The lowest BCUT2D eigenvalue weighted by molar-refractivity contribution is 0.0923. The van der Waals surface area contributed by atoms with E-state index in [-0.39, 0.29) is 17.5 Å². The maximum absolute atomic E-state index is 14.3. The summed E-state index contributed by atoms with van der Waals surface area (Å²) in [4.78, 5) is 16.4. The second-order valence-corrected chi connectivity index (χ2v) is 6.24. The maximum Gasteiger partial charge on any atom is 0.254 e. The third-order valence-corrected chi connectivity index (χ3v) is 4.49. The fourth-order valence-electron chi connectivity index (χ4n) is 2.95. The summed E-state index contributed by atoms with van der Waals surface area (Å²) in [5.41, 5.74) is 1.13. The van der Waals surface area contributed by atoms with Crippen LogP contribution in [0.2, 0.25) is 5.02 Å². The van der Waals surface area contributed by atoms with Crippen molar-refractivity contribution in [3.63, 3.8) is 0 Å². The predicted octanol–water partition coefficient (Wildman–Crippen LogP) is 4.60. The number of nitrogens with one attached hydrogen (secondary N) is 1. The van der Waals surface area contributed by atoms with Crippen molar-refractivity contribution in [2.75, 3.05) is 0 Å². The molecule has 1 aliphatic rings. The van der Waals surface area contributed by atoms with Gasteiger partial charge in [-0.05, 0) is 37.1 Å². The largest absolute Gasteiger partial charge is 0.349 e. The van der Waals surface area contributed by atoms with Crippen molar-refractivity contribution < 1.29 is 9.18 Å². The summed E-state index contributed by atoms with van der Waals surface area (Å²) in [5.74, 6) is -0.911. The first-order valence-corrected chi connectivity index (χ1v) is 8.24. The number of aromatic nitrogens is 1. The first-order valence-electron chi connectivity index (χ1n) is 7.86. The standard InChI is InChI=1S/C18H18ClFN2O/c19-15-7-4-10-21-17(15)12-8-9-14(16(20)11-12)18(23)22-13-5-2-1-3-6-13/h4,7-11,13H,1-3,5-6H2,(H,22,23). The van der Waals surface area contributed by atoms with E-state index in [1.807, 2.05) is 0 Å². The van der Waals surface area contributed by atoms with Crippen molar-refractivity contribution in [2.45, 2.75) is 38.1 Å². The smallest absolute Gasteiger partial charge is 0.254 e. The Morgan fingerprint density at radius 2 is 2.00 bits per heavy atom.